The molecule has 10 heteroatoms. The van der Waals surface area contributed by atoms with Crippen molar-refractivity contribution in [1.29, 1.82) is 0 Å². The number of nitrogens with zero attached hydrogens (tertiary/aromatic N) is 4. The van der Waals surface area contributed by atoms with Crippen molar-refractivity contribution in [2.75, 3.05) is 34.0 Å². The Labute approximate surface area is 219 Å². The van der Waals surface area contributed by atoms with E-state index < -0.39 is 23.8 Å². The predicted molar refractivity (Wildman–Crippen MR) is 145 cm³/mol. The lowest BCUT2D eigenvalue weighted by atomic mass is 10.1. The summed E-state index contributed by atoms with van der Waals surface area (Å²) < 4.78 is 0. The summed E-state index contributed by atoms with van der Waals surface area (Å²) in [5, 5.41) is 12.4. The van der Waals surface area contributed by atoms with Gasteiger partial charge in [-0.05, 0) is 55.2 Å². The molecular formula is C27H29N5O4S. The molecule has 2 N–H and O–H groups in total. The van der Waals surface area contributed by atoms with Gasteiger partial charge in [-0.25, -0.2) is 19.7 Å². The number of hydrogen-bond donors (Lipinski definition) is 2. The molecule has 0 bridgehead atoms. The first-order chi connectivity index (χ1) is 18.0. The van der Waals surface area contributed by atoms with E-state index in [2.05, 4.69) is 20.2 Å². The van der Waals surface area contributed by atoms with E-state index in [1.54, 1.807) is 18.2 Å². The van der Waals surface area contributed by atoms with Gasteiger partial charge in [-0.3, -0.25) is 14.9 Å². The first-order valence-electron chi connectivity index (χ1n) is 12.1. The summed E-state index contributed by atoms with van der Waals surface area (Å²) in [6.07, 6.45) is 6.36. The average molecular weight is 520 g/mol. The molecule has 37 heavy (non-hydrogen) atoms. The number of carbonyl (C=O) groups is 3. The van der Waals surface area contributed by atoms with Gasteiger partial charge < -0.3 is 10.0 Å². The van der Waals surface area contributed by atoms with E-state index in [1.165, 1.54) is 30.6 Å². The van der Waals surface area contributed by atoms with E-state index in [4.69, 9.17) is 0 Å². The number of piperidine rings is 1. The summed E-state index contributed by atoms with van der Waals surface area (Å²) in [7, 11) is 0. The third-order valence-corrected chi connectivity index (χ3v) is 7.14. The van der Waals surface area contributed by atoms with Crippen molar-refractivity contribution < 1.29 is 19.5 Å². The van der Waals surface area contributed by atoms with Crippen LogP contribution in [-0.4, -0.2) is 51.8 Å². The maximum Gasteiger partial charge on any atom is 0.335 e. The molecule has 0 radical (unpaired) electrons. The second kappa shape index (κ2) is 12.9. The lowest BCUT2D eigenvalue weighted by Gasteiger charge is -2.29. The summed E-state index contributed by atoms with van der Waals surface area (Å²) in [5.41, 5.74) is 2.29. The number of hydrogen-bond acceptors (Lipinski definition) is 7. The first kappa shape index (κ1) is 26.2. The monoisotopic (exact) mass is 519 g/mol. The van der Waals surface area contributed by atoms with Crippen LogP contribution in [0.2, 0.25) is 0 Å². The number of carbonyl (C=O) groups excluding carboxylic acids is 2. The highest BCUT2D eigenvalue weighted by Crippen LogP contribution is 2.26. The zero-order chi connectivity index (χ0) is 26.0. The number of carboxylic acids is 1. The van der Waals surface area contributed by atoms with E-state index in [0.717, 1.165) is 42.1 Å². The third-order valence-electron chi connectivity index (χ3n) is 6.03. The molecule has 1 saturated heterocycles. The summed E-state index contributed by atoms with van der Waals surface area (Å²) in [6, 6.07) is 17.4. The molecule has 192 valence electrons. The predicted octanol–water partition coefficient (Wildman–Crippen LogP) is 4.67. The minimum absolute atomic E-state index is 0.0144. The average Bonchev–Trinajstić information content (AvgIpc) is 2.93. The molecule has 3 aromatic rings. The molecule has 1 fully saturated rings. The Morgan fingerprint density at radius 3 is 2.27 bits per heavy atom. The van der Waals surface area contributed by atoms with Gasteiger partial charge in [-0.15, -0.1) is 0 Å². The first-order valence-corrected chi connectivity index (χ1v) is 13.3. The quantitative estimate of drug-likeness (QED) is 0.392. The van der Waals surface area contributed by atoms with Crippen LogP contribution in [0.3, 0.4) is 0 Å². The Morgan fingerprint density at radius 1 is 0.946 bits per heavy atom. The number of nitrogens with one attached hydrogen (secondary N) is 1. The van der Waals surface area contributed by atoms with Gasteiger partial charge in [0.2, 0.25) is 11.9 Å². The topological polar surface area (TPSA) is 116 Å². The molecule has 4 rings (SSSR count). The Hall–Kier alpha value is -3.92. The van der Waals surface area contributed by atoms with Crippen molar-refractivity contribution in [3.63, 3.8) is 0 Å². The Balaban J connectivity index is 1.55. The number of anilines is 3. The zero-order valence-corrected chi connectivity index (χ0v) is 21.1. The van der Waals surface area contributed by atoms with Crippen molar-refractivity contribution in [2.24, 2.45) is 5.92 Å². The minimum Gasteiger partial charge on any atom is -0.481 e. The number of carboxylic acid groups (broad SMARTS) is 1. The molecular weight excluding hydrogens is 490 g/mol. The van der Waals surface area contributed by atoms with E-state index in [9.17, 15) is 19.5 Å². The highest BCUT2D eigenvalue weighted by atomic mass is 32.2. The number of thioether (sulfide) groups is 1. The third kappa shape index (κ3) is 7.07. The van der Waals surface area contributed by atoms with Gasteiger partial charge in [0, 0.05) is 42.7 Å². The standard InChI is InChI=1S/C27H29N5O4S/c33-24(23(25(34)35)19-37-18-20-8-3-1-4-9-20)32(27(36)30-26-28-14-7-15-29-26)22-12-10-21(11-13-22)31-16-5-2-6-17-31/h1,3-4,7-15,23H,2,5-6,16-19H2,(H,34,35)(H,28,29,30,36). The van der Waals surface area contributed by atoms with Crippen LogP contribution in [-0.2, 0) is 15.3 Å². The summed E-state index contributed by atoms with van der Waals surface area (Å²) >= 11 is 1.33. The number of urea groups is 1. The maximum atomic E-state index is 13.6. The smallest absolute Gasteiger partial charge is 0.335 e. The minimum atomic E-state index is -1.42. The van der Waals surface area contributed by atoms with Crippen molar-refractivity contribution >= 4 is 47.0 Å². The second-order valence-electron chi connectivity index (χ2n) is 8.63. The van der Waals surface area contributed by atoms with Crippen LogP contribution in [0.4, 0.5) is 22.1 Å². The van der Waals surface area contributed by atoms with Crippen LogP contribution in [0, 0.1) is 5.92 Å². The van der Waals surface area contributed by atoms with Crippen LogP contribution in [0.15, 0.2) is 73.1 Å². The number of aliphatic carboxylic acids is 1. The van der Waals surface area contributed by atoms with Gasteiger partial charge in [0.1, 0.15) is 5.92 Å². The van der Waals surface area contributed by atoms with Crippen LogP contribution in [0.1, 0.15) is 24.8 Å². The molecule has 1 aliphatic rings. The number of imide groups is 1. The fourth-order valence-corrected chi connectivity index (χ4v) is 5.16. The van der Waals surface area contributed by atoms with Gasteiger partial charge in [0.15, 0.2) is 0 Å². The lowest BCUT2D eigenvalue weighted by molar-refractivity contribution is -0.144. The molecule has 0 spiro atoms. The molecule has 2 heterocycles. The highest BCUT2D eigenvalue weighted by Gasteiger charge is 2.35. The van der Waals surface area contributed by atoms with Crippen molar-refractivity contribution in [2.45, 2.75) is 25.0 Å². The Kier molecular flexibility index (Phi) is 9.09. The van der Waals surface area contributed by atoms with Gasteiger partial charge >= 0.3 is 12.0 Å². The molecule has 3 amide bonds. The van der Waals surface area contributed by atoms with Crippen LogP contribution in [0.5, 0.6) is 0 Å². The molecule has 0 saturated carbocycles. The van der Waals surface area contributed by atoms with Gasteiger partial charge in [0.25, 0.3) is 0 Å². The van der Waals surface area contributed by atoms with E-state index >= 15 is 0 Å². The zero-order valence-electron chi connectivity index (χ0n) is 20.3. The molecule has 1 aliphatic heterocycles. The van der Waals surface area contributed by atoms with Gasteiger partial charge in [-0.1, -0.05) is 30.3 Å². The van der Waals surface area contributed by atoms with Crippen LogP contribution in [0.25, 0.3) is 0 Å². The van der Waals surface area contributed by atoms with E-state index in [-0.39, 0.29) is 17.4 Å². The van der Waals surface area contributed by atoms with Gasteiger partial charge in [0.05, 0.1) is 5.69 Å². The SMILES string of the molecule is O=C(O)C(CSCc1ccccc1)C(=O)N(C(=O)Nc1ncccn1)c1ccc(N2CCCCC2)cc1. The van der Waals surface area contributed by atoms with Crippen molar-refractivity contribution in [3.8, 4) is 0 Å². The molecule has 9 nitrogen and oxygen atoms in total. The van der Waals surface area contributed by atoms with Crippen molar-refractivity contribution in [1.82, 2.24) is 9.97 Å². The number of rotatable bonds is 9. The number of benzene rings is 2. The summed E-state index contributed by atoms with van der Waals surface area (Å²) in [6.45, 7) is 1.90. The van der Waals surface area contributed by atoms with E-state index in [0.29, 0.717) is 5.75 Å². The highest BCUT2D eigenvalue weighted by molar-refractivity contribution is 7.98. The molecule has 1 unspecified atom stereocenters. The largest absolute Gasteiger partial charge is 0.481 e. The molecule has 0 aliphatic carbocycles. The van der Waals surface area contributed by atoms with Crippen LogP contribution >= 0.6 is 11.8 Å². The Bertz CT molecular complexity index is 1190. The molecule has 1 aromatic heterocycles. The molecule has 1 atom stereocenters. The molecule has 2 aromatic carbocycles. The van der Waals surface area contributed by atoms with E-state index in [1.807, 2.05) is 42.5 Å². The number of amides is 3. The van der Waals surface area contributed by atoms with Crippen molar-refractivity contribution in [3.05, 3.63) is 78.6 Å². The Morgan fingerprint density at radius 2 is 1.62 bits per heavy atom. The fraction of sp³-hybridized carbons (Fsp3) is 0.296. The normalized spacial score (nSPS) is 14.0. The fourth-order valence-electron chi connectivity index (χ4n) is 4.10. The lowest BCUT2D eigenvalue weighted by Crippen LogP contribution is -2.46. The van der Waals surface area contributed by atoms with Crippen LogP contribution < -0.4 is 15.1 Å². The summed E-state index contributed by atoms with van der Waals surface area (Å²) in [4.78, 5) is 50.1. The maximum absolute atomic E-state index is 13.6. The van der Waals surface area contributed by atoms with Gasteiger partial charge in [-0.2, -0.15) is 11.8 Å². The summed E-state index contributed by atoms with van der Waals surface area (Å²) in [5.74, 6) is -2.96. The second-order valence-corrected chi connectivity index (χ2v) is 9.66. The number of aromatic nitrogens is 2.